The van der Waals surface area contributed by atoms with Crippen LogP contribution < -0.4 is 9.80 Å². The van der Waals surface area contributed by atoms with Crippen molar-refractivity contribution in [2.24, 2.45) is 5.92 Å². The normalized spacial score (nSPS) is 19.6. The van der Waals surface area contributed by atoms with Crippen molar-refractivity contribution in [2.75, 3.05) is 36.5 Å². The van der Waals surface area contributed by atoms with Gasteiger partial charge in [-0.2, -0.15) is 0 Å². The number of hydrogen-bond acceptors (Lipinski definition) is 5. The number of H-pyrrole nitrogens is 1. The summed E-state index contributed by atoms with van der Waals surface area (Å²) in [6, 6.07) is 15.7. The largest absolute Gasteiger partial charge is 0.465 e. The van der Waals surface area contributed by atoms with Gasteiger partial charge in [0, 0.05) is 23.2 Å². The van der Waals surface area contributed by atoms with E-state index in [9.17, 15) is 19.8 Å². The number of nitrogens with one attached hydrogen (secondary N) is 1. The monoisotopic (exact) mass is 577 g/mol. The number of benzene rings is 3. The molecule has 0 bridgehead atoms. The number of carbonyl (C=O) groups is 2. The van der Waals surface area contributed by atoms with Crippen molar-refractivity contribution in [1.82, 2.24) is 14.9 Å². The number of nitrogens with zero attached hydrogens (tertiary/aromatic N) is 4. The number of carbonyl (C=O) groups excluding carboxylic acids is 1. The second kappa shape index (κ2) is 10.4. The Morgan fingerprint density at radius 2 is 1.93 bits per heavy atom. The highest BCUT2D eigenvalue weighted by Crippen LogP contribution is 2.46. The van der Waals surface area contributed by atoms with Gasteiger partial charge in [0.2, 0.25) is 5.95 Å². The van der Waals surface area contributed by atoms with Crippen LogP contribution in [0.5, 0.6) is 0 Å². The quantitative estimate of drug-likeness (QED) is 0.282. The Kier molecular flexibility index (Phi) is 6.93. The van der Waals surface area contributed by atoms with Crippen molar-refractivity contribution in [3.8, 4) is 0 Å². The van der Waals surface area contributed by atoms with E-state index in [0.717, 1.165) is 37.3 Å². The fourth-order valence-corrected chi connectivity index (χ4v) is 6.06. The number of imidazole rings is 1. The van der Waals surface area contributed by atoms with Crippen LogP contribution in [-0.2, 0) is 5.72 Å². The van der Waals surface area contributed by atoms with Crippen molar-refractivity contribution in [2.45, 2.75) is 25.0 Å². The number of hydrogen-bond donors (Lipinski definition) is 3. The first-order valence-electron chi connectivity index (χ1n) is 13.5. The molecule has 1 fully saturated rings. The summed E-state index contributed by atoms with van der Waals surface area (Å²) in [7, 11) is 2.09. The van der Waals surface area contributed by atoms with Crippen LogP contribution in [-0.4, -0.2) is 63.8 Å². The molecule has 1 atom stereocenters. The summed E-state index contributed by atoms with van der Waals surface area (Å²) in [5, 5.41) is 22.1. The summed E-state index contributed by atoms with van der Waals surface area (Å²) in [6.45, 7) is 2.29. The molecule has 9 nitrogen and oxygen atoms in total. The van der Waals surface area contributed by atoms with Gasteiger partial charge < -0.3 is 20.1 Å². The van der Waals surface area contributed by atoms with E-state index in [2.05, 4.69) is 21.9 Å². The van der Waals surface area contributed by atoms with Gasteiger partial charge in [-0.15, -0.1) is 0 Å². The average Bonchev–Trinajstić information content (AvgIpc) is 3.48. The SMILES string of the molecule is CN1CCC(CCN(C(=O)O)c2nc3cc(C4(O)c5ccccc5C(=O)N4c4cccc(Cl)c4F)ccc3[nH]2)CC1. The van der Waals surface area contributed by atoms with Crippen LogP contribution in [0.3, 0.4) is 0 Å². The summed E-state index contributed by atoms with van der Waals surface area (Å²) in [5.41, 5.74) is -0.541. The van der Waals surface area contributed by atoms with E-state index in [1.165, 1.54) is 23.1 Å². The molecule has 41 heavy (non-hydrogen) atoms. The molecule has 0 saturated carbocycles. The summed E-state index contributed by atoms with van der Waals surface area (Å²) >= 11 is 6.04. The first-order chi connectivity index (χ1) is 19.7. The highest BCUT2D eigenvalue weighted by molar-refractivity contribution is 6.31. The Bertz CT molecular complexity index is 1650. The second-order valence-corrected chi connectivity index (χ2v) is 11.1. The molecular weight excluding hydrogens is 549 g/mol. The van der Waals surface area contributed by atoms with Crippen molar-refractivity contribution in [3.05, 3.63) is 88.2 Å². The van der Waals surface area contributed by atoms with Crippen molar-refractivity contribution in [1.29, 1.82) is 0 Å². The van der Waals surface area contributed by atoms with Crippen molar-refractivity contribution >= 4 is 46.3 Å². The van der Waals surface area contributed by atoms with Gasteiger partial charge in [0.1, 0.15) is 0 Å². The van der Waals surface area contributed by atoms with Gasteiger partial charge in [0.25, 0.3) is 5.91 Å². The molecule has 11 heteroatoms. The minimum Gasteiger partial charge on any atom is -0.465 e. The lowest BCUT2D eigenvalue weighted by Crippen LogP contribution is -2.45. The Morgan fingerprint density at radius 3 is 2.68 bits per heavy atom. The van der Waals surface area contributed by atoms with Crippen LogP contribution in [0.15, 0.2) is 60.7 Å². The number of anilines is 2. The number of likely N-dealkylation sites (tertiary alicyclic amines) is 1. The van der Waals surface area contributed by atoms with E-state index in [0.29, 0.717) is 23.5 Å². The van der Waals surface area contributed by atoms with Gasteiger partial charge in [-0.1, -0.05) is 41.9 Å². The maximum Gasteiger partial charge on any atom is 0.414 e. The minimum absolute atomic E-state index is 0.171. The number of fused-ring (bicyclic) bond motifs is 2. The Morgan fingerprint density at radius 1 is 1.17 bits per heavy atom. The van der Waals surface area contributed by atoms with E-state index in [1.807, 2.05) is 0 Å². The molecule has 212 valence electrons. The van der Waals surface area contributed by atoms with Gasteiger partial charge >= 0.3 is 6.09 Å². The predicted octanol–water partition coefficient (Wildman–Crippen LogP) is 5.43. The highest BCUT2D eigenvalue weighted by Gasteiger charge is 2.51. The maximum absolute atomic E-state index is 15.2. The third-order valence-corrected chi connectivity index (χ3v) is 8.48. The number of amides is 2. The number of aliphatic hydroxyl groups is 1. The summed E-state index contributed by atoms with van der Waals surface area (Å²) < 4.78 is 15.2. The lowest BCUT2D eigenvalue weighted by molar-refractivity contribution is 0.0699. The van der Waals surface area contributed by atoms with Crippen molar-refractivity contribution in [3.63, 3.8) is 0 Å². The number of aromatic amines is 1. The molecule has 0 radical (unpaired) electrons. The molecule has 0 spiro atoms. The zero-order valence-electron chi connectivity index (χ0n) is 22.3. The van der Waals surface area contributed by atoms with Gasteiger partial charge in [-0.05, 0) is 75.6 Å². The van der Waals surface area contributed by atoms with Crippen LogP contribution in [0.25, 0.3) is 11.0 Å². The van der Waals surface area contributed by atoms with E-state index in [-0.39, 0.29) is 33.3 Å². The molecule has 3 N–H and O–H groups in total. The zero-order valence-corrected chi connectivity index (χ0v) is 23.1. The van der Waals surface area contributed by atoms with E-state index >= 15 is 4.39 Å². The molecule has 1 aromatic heterocycles. The number of aromatic nitrogens is 2. The lowest BCUT2D eigenvalue weighted by atomic mass is 9.93. The van der Waals surface area contributed by atoms with Gasteiger partial charge in [0.05, 0.1) is 21.7 Å². The maximum atomic E-state index is 15.2. The van der Waals surface area contributed by atoms with Crippen LogP contribution in [0.2, 0.25) is 5.02 Å². The first kappa shape index (κ1) is 27.2. The highest BCUT2D eigenvalue weighted by atomic mass is 35.5. The standard InChI is InChI=1S/C30H29ClFN5O4/c1-35-14-11-18(12-15-35)13-16-36(29(39)40)28-33-23-10-9-19(17-24(23)34-28)30(41)21-6-3-2-5-20(21)27(38)37(30)25-8-4-7-22(31)26(25)32/h2-10,17-18,41H,11-16H2,1H3,(H,33,34)(H,39,40). The fourth-order valence-electron chi connectivity index (χ4n) is 5.89. The van der Waals surface area contributed by atoms with E-state index in [4.69, 9.17) is 11.6 Å². The van der Waals surface area contributed by atoms with Gasteiger partial charge in [0.15, 0.2) is 11.5 Å². The summed E-state index contributed by atoms with van der Waals surface area (Å²) in [4.78, 5) is 37.8. The zero-order chi connectivity index (χ0) is 28.9. The smallest absolute Gasteiger partial charge is 0.414 e. The third kappa shape index (κ3) is 4.61. The number of piperidine rings is 1. The summed E-state index contributed by atoms with van der Waals surface area (Å²) in [6.07, 6.45) is 1.65. The third-order valence-electron chi connectivity index (χ3n) is 8.19. The average molecular weight is 578 g/mol. The fraction of sp³-hybridized carbons (Fsp3) is 0.300. The van der Waals surface area contributed by atoms with Crippen LogP contribution in [0, 0.1) is 11.7 Å². The van der Waals surface area contributed by atoms with Gasteiger partial charge in [-0.25, -0.2) is 19.1 Å². The molecule has 2 aliphatic rings. The van der Waals surface area contributed by atoms with Crippen LogP contribution in [0.1, 0.15) is 40.7 Å². The Balaban J connectivity index is 1.38. The number of halogens is 2. The van der Waals surface area contributed by atoms with Crippen LogP contribution in [0.4, 0.5) is 20.8 Å². The molecule has 1 saturated heterocycles. The summed E-state index contributed by atoms with van der Waals surface area (Å²) in [5.74, 6) is -0.807. The molecule has 0 aliphatic carbocycles. The second-order valence-electron chi connectivity index (χ2n) is 10.7. The lowest BCUT2D eigenvalue weighted by Gasteiger charge is -2.35. The number of rotatable bonds is 6. The molecule has 2 aliphatic heterocycles. The van der Waals surface area contributed by atoms with E-state index < -0.39 is 23.5 Å². The molecule has 3 aromatic carbocycles. The van der Waals surface area contributed by atoms with Crippen molar-refractivity contribution < 1.29 is 24.2 Å². The topological polar surface area (TPSA) is 113 Å². The predicted molar refractivity (Wildman–Crippen MR) is 154 cm³/mol. The minimum atomic E-state index is -2.08. The molecular formula is C30H29ClFN5O4. The van der Waals surface area contributed by atoms with Gasteiger partial charge in [-0.3, -0.25) is 9.69 Å². The molecule has 4 aromatic rings. The Hall–Kier alpha value is -3.99. The first-order valence-corrected chi connectivity index (χ1v) is 13.9. The molecule has 3 heterocycles. The van der Waals surface area contributed by atoms with Crippen LogP contribution >= 0.6 is 11.6 Å². The molecule has 2 amide bonds. The Labute approximate surface area is 240 Å². The molecule has 6 rings (SSSR count). The number of carboxylic acid groups (broad SMARTS) is 1. The molecule has 1 unspecified atom stereocenters. The van der Waals surface area contributed by atoms with E-state index in [1.54, 1.807) is 42.5 Å².